The molecule has 0 aromatic carbocycles. The highest BCUT2D eigenvalue weighted by Crippen LogP contribution is 2.29. The maximum absolute atomic E-state index is 8.72. The van der Waals surface area contributed by atoms with Gasteiger partial charge in [0, 0.05) is 17.7 Å². The van der Waals surface area contributed by atoms with Crippen LogP contribution in [-0.4, -0.2) is 34.3 Å². The Labute approximate surface area is 109 Å². The zero-order valence-corrected chi connectivity index (χ0v) is 11.6. The molecule has 1 aliphatic heterocycles. The monoisotopic (exact) mass is 246 g/mol. The lowest BCUT2D eigenvalue weighted by Gasteiger charge is -2.30. The number of aromatic nitrogens is 2. The van der Waals surface area contributed by atoms with Crippen molar-refractivity contribution in [2.75, 3.05) is 19.6 Å². The number of nitriles is 1. The van der Waals surface area contributed by atoms with Gasteiger partial charge in [-0.2, -0.15) is 10.4 Å². The summed E-state index contributed by atoms with van der Waals surface area (Å²) in [7, 11) is 0. The van der Waals surface area contributed by atoms with E-state index in [2.05, 4.69) is 47.6 Å². The number of hydrogen-bond donors (Lipinski definition) is 0. The first-order chi connectivity index (χ1) is 8.61. The van der Waals surface area contributed by atoms with Crippen molar-refractivity contribution in [3.8, 4) is 6.07 Å². The standard InChI is InChI=1S/C14H22N4/c1-11(2)18-14(10-12(3)16-18)13-4-7-17(8-5-13)9-6-15/h10-11,13H,4-5,7-9H2,1-3H3. The van der Waals surface area contributed by atoms with Crippen molar-refractivity contribution in [1.82, 2.24) is 14.7 Å². The smallest absolute Gasteiger partial charge is 0.0865 e. The van der Waals surface area contributed by atoms with Gasteiger partial charge in [0.25, 0.3) is 0 Å². The Morgan fingerprint density at radius 1 is 1.44 bits per heavy atom. The first-order valence-corrected chi connectivity index (χ1v) is 6.77. The summed E-state index contributed by atoms with van der Waals surface area (Å²) in [6.45, 7) is 9.05. The molecule has 1 aromatic heterocycles. The second-order valence-electron chi connectivity index (χ2n) is 5.46. The van der Waals surface area contributed by atoms with Crippen molar-refractivity contribution in [3.63, 3.8) is 0 Å². The molecule has 0 N–H and O–H groups in total. The van der Waals surface area contributed by atoms with Gasteiger partial charge in [0.2, 0.25) is 0 Å². The summed E-state index contributed by atoms with van der Waals surface area (Å²) in [6, 6.07) is 4.88. The Kier molecular flexibility index (Phi) is 4.03. The minimum absolute atomic E-state index is 0.422. The molecule has 0 aliphatic carbocycles. The number of aryl methyl sites for hydroxylation is 1. The molecular formula is C14H22N4. The van der Waals surface area contributed by atoms with Gasteiger partial charge in [0.05, 0.1) is 18.3 Å². The van der Waals surface area contributed by atoms with E-state index in [0.717, 1.165) is 31.6 Å². The van der Waals surface area contributed by atoms with Gasteiger partial charge in [-0.15, -0.1) is 0 Å². The molecule has 4 nitrogen and oxygen atoms in total. The Morgan fingerprint density at radius 2 is 2.11 bits per heavy atom. The lowest BCUT2D eigenvalue weighted by atomic mass is 9.93. The van der Waals surface area contributed by atoms with Gasteiger partial charge in [-0.1, -0.05) is 0 Å². The van der Waals surface area contributed by atoms with E-state index in [1.807, 2.05) is 0 Å². The molecule has 1 aliphatic rings. The first kappa shape index (κ1) is 13.1. The molecule has 2 heterocycles. The van der Waals surface area contributed by atoms with Crippen LogP contribution in [0.5, 0.6) is 0 Å². The van der Waals surface area contributed by atoms with Gasteiger partial charge in [-0.05, 0) is 52.8 Å². The van der Waals surface area contributed by atoms with E-state index >= 15 is 0 Å². The molecule has 1 fully saturated rings. The lowest BCUT2D eigenvalue weighted by molar-refractivity contribution is 0.229. The molecule has 18 heavy (non-hydrogen) atoms. The van der Waals surface area contributed by atoms with Crippen molar-refractivity contribution in [3.05, 3.63) is 17.5 Å². The summed E-state index contributed by atoms with van der Waals surface area (Å²) in [6.07, 6.45) is 2.28. The van der Waals surface area contributed by atoms with Crippen LogP contribution < -0.4 is 0 Å². The molecule has 0 amide bonds. The SMILES string of the molecule is Cc1cc(C2CCN(CC#N)CC2)n(C(C)C)n1. The molecular weight excluding hydrogens is 224 g/mol. The van der Waals surface area contributed by atoms with E-state index in [9.17, 15) is 0 Å². The number of likely N-dealkylation sites (tertiary alicyclic amines) is 1. The van der Waals surface area contributed by atoms with Crippen LogP contribution in [0.25, 0.3) is 0 Å². The van der Waals surface area contributed by atoms with Crippen LogP contribution in [-0.2, 0) is 0 Å². The Hall–Kier alpha value is -1.34. The highest BCUT2D eigenvalue weighted by molar-refractivity contribution is 5.15. The fourth-order valence-corrected chi connectivity index (χ4v) is 2.74. The average molecular weight is 246 g/mol. The van der Waals surface area contributed by atoms with E-state index in [0.29, 0.717) is 18.5 Å². The normalized spacial score (nSPS) is 18.2. The predicted octanol–water partition coefficient (Wildman–Crippen LogP) is 2.48. The summed E-state index contributed by atoms with van der Waals surface area (Å²) in [5.74, 6) is 0.601. The predicted molar refractivity (Wildman–Crippen MR) is 71.4 cm³/mol. The van der Waals surface area contributed by atoms with Crippen LogP contribution in [0.15, 0.2) is 6.07 Å². The van der Waals surface area contributed by atoms with Gasteiger partial charge in [-0.25, -0.2) is 0 Å². The summed E-state index contributed by atoms with van der Waals surface area (Å²) in [4.78, 5) is 2.24. The molecule has 4 heteroatoms. The zero-order chi connectivity index (χ0) is 13.1. The maximum atomic E-state index is 8.72. The van der Waals surface area contributed by atoms with E-state index < -0.39 is 0 Å². The summed E-state index contributed by atoms with van der Waals surface area (Å²) >= 11 is 0. The molecule has 0 atom stereocenters. The van der Waals surface area contributed by atoms with Crippen LogP contribution in [0, 0.1) is 18.3 Å². The van der Waals surface area contributed by atoms with Gasteiger partial charge < -0.3 is 0 Å². The van der Waals surface area contributed by atoms with Crippen LogP contribution >= 0.6 is 0 Å². The van der Waals surface area contributed by atoms with Crippen molar-refractivity contribution < 1.29 is 0 Å². The minimum Gasteiger partial charge on any atom is -0.291 e. The molecule has 0 bridgehead atoms. The Bertz CT molecular complexity index is 433. The van der Waals surface area contributed by atoms with Crippen LogP contribution in [0.4, 0.5) is 0 Å². The van der Waals surface area contributed by atoms with Crippen molar-refractivity contribution >= 4 is 0 Å². The molecule has 98 valence electrons. The van der Waals surface area contributed by atoms with Gasteiger partial charge in [-0.3, -0.25) is 9.58 Å². The molecule has 0 saturated carbocycles. The Balaban J connectivity index is 2.08. The molecule has 1 aromatic rings. The second-order valence-corrected chi connectivity index (χ2v) is 5.46. The van der Waals surface area contributed by atoms with E-state index in [1.165, 1.54) is 5.69 Å². The number of hydrogen-bond acceptors (Lipinski definition) is 3. The Morgan fingerprint density at radius 3 is 2.67 bits per heavy atom. The topological polar surface area (TPSA) is 44.9 Å². The van der Waals surface area contributed by atoms with Crippen molar-refractivity contribution in [2.45, 2.75) is 45.6 Å². The highest BCUT2D eigenvalue weighted by atomic mass is 15.3. The largest absolute Gasteiger partial charge is 0.291 e. The molecule has 1 saturated heterocycles. The molecule has 0 unspecified atom stereocenters. The van der Waals surface area contributed by atoms with Crippen LogP contribution in [0.3, 0.4) is 0 Å². The maximum Gasteiger partial charge on any atom is 0.0865 e. The lowest BCUT2D eigenvalue weighted by Crippen LogP contribution is -2.33. The first-order valence-electron chi connectivity index (χ1n) is 6.77. The average Bonchev–Trinajstić information content (AvgIpc) is 2.73. The third-order valence-corrected chi connectivity index (χ3v) is 3.68. The van der Waals surface area contributed by atoms with E-state index in [4.69, 9.17) is 5.26 Å². The minimum atomic E-state index is 0.422. The van der Waals surface area contributed by atoms with Crippen molar-refractivity contribution in [1.29, 1.82) is 5.26 Å². The second kappa shape index (κ2) is 5.53. The zero-order valence-electron chi connectivity index (χ0n) is 11.6. The molecule has 0 spiro atoms. The highest BCUT2D eigenvalue weighted by Gasteiger charge is 2.24. The van der Waals surface area contributed by atoms with Gasteiger partial charge >= 0.3 is 0 Å². The summed E-state index contributed by atoms with van der Waals surface area (Å²) in [5, 5.41) is 13.3. The summed E-state index contributed by atoms with van der Waals surface area (Å²) < 4.78 is 2.17. The van der Waals surface area contributed by atoms with Crippen LogP contribution in [0.1, 0.15) is 50.0 Å². The quantitative estimate of drug-likeness (QED) is 0.770. The number of piperidine rings is 1. The third kappa shape index (κ3) is 2.73. The fraction of sp³-hybridized carbons (Fsp3) is 0.714. The van der Waals surface area contributed by atoms with Gasteiger partial charge in [0.15, 0.2) is 0 Å². The third-order valence-electron chi connectivity index (χ3n) is 3.68. The van der Waals surface area contributed by atoms with E-state index in [-0.39, 0.29) is 0 Å². The number of nitrogens with zero attached hydrogens (tertiary/aromatic N) is 4. The van der Waals surface area contributed by atoms with Crippen molar-refractivity contribution in [2.24, 2.45) is 0 Å². The van der Waals surface area contributed by atoms with Gasteiger partial charge in [0.1, 0.15) is 0 Å². The fourth-order valence-electron chi connectivity index (χ4n) is 2.74. The van der Waals surface area contributed by atoms with E-state index in [1.54, 1.807) is 0 Å². The van der Waals surface area contributed by atoms with Crippen LogP contribution in [0.2, 0.25) is 0 Å². The molecule has 0 radical (unpaired) electrons. The number of rotatable bonds is 3. The summed E-state index contributed by atoms with van der Waals surface area (Å²) in [5.41, 5.74) is 2.48. The molecule has 2 rings (SSSR count).